The van der Waals surface area contributed by atoms with E-state index >= 15 is 0 Å². The smallest absolute Gasteiger partial charge is 0.279 e. The molecule has 0 fully saturated rings. The van der Waals surface area contributed by atoms with Crippen LogP contribution >= 0.6 is 27.3 Å². The maximum Gasteiger partial charge on any atom is 0.279 e. The van der Waals surface area contributed by atoms with E-state index in [4.69, 9.17) is 0 Å². The van der Waals surface area contributed by atoms with Crippen molar-refractivity contribution in [1.82, 2.24) is 8.87 Å². The first kappa shape index (κ1) is 22.9. The predicted octanol–water partition coefficient (Wildman–Crippen LogP) is 4.65. The molecule has 30 heavy (non-hydrogen) atoms. The maximum absolute atomic E-state index is 12.7. The van der Waals surface area contributed by atoms with Gasteiger partial charge in [-0.1, -0.05) is 30.7 Å². The summed E-state index contributed by atoms with van der Waals surface area (Å²) in [7, 11) is -1.99. The van der Waals surface area contributed by atoms with Crippen LogP contribution < -0.4 is 4.80 Å². The minimum atomic E-state index is -3.56. The van der Waals surface area contributed by atoms with Crippen LogP contribution in [0.3, 0.4) is 0 Å². The van der Waals surface area contributed by atoms with Gasteiger partial charge in [-0.05, 0) is 65.7 Å². The van der Waals surface area contributed by atoms with Crippen LogP contribution in [0.1, 0.15) is 37.0 Å². The summed E-state index contributed by atoms with van der Waals surface area (Å²) in [6, 6.07) is 11.9. The van der Waals surface area contributed by atoms with Crippen LogP contribution in [0.2, 0.25) is 0 Å². The third-order valence-corrected chi connectivity index (χ3v) is 8.36. The fourth-order valence-corrected chi connectivity index (χ4v) is 6.11. The molecule has 0 aliphatic rings. The number of benzene rings is 2. The molecular weight excluding hydrogens is 486 g/mol. The van der Waals surface area contributed by atoms with Gasteiger partial charge in [0, 0.05) is 30.2 Å². The lowest BCUT2D eigenvalue weighted by molar-refractivity contribution is 0.0997. The number of sulfonamides is 1. The Bertz CT molecular complexity index is 1230. The highest BCUT2D eigenvalue weighted by molar-refractivity contribution is 9.10. The maximum atomic E-state index is 12.7. The number of para-hydroxylation sites is 1. The number of nitrogens with zero attached hydrogens (tertiary/aromatic N) is 3. The summed E-state index contributed by atoms with van der Waals surface area (Å²) < 4.78 is 30.6. The predicted molar refractivity (Wildman–Crippen MR) is 124 cm³/mol. The first-order chi connectivity index (χ1) is 14.3. The van der Waals surface area contributed by atoms with Crippen LogP contribution in [0.4, 0.5) is 0 Å². The molecule has 0 N–H and O–H groups in total. The van der Waals surface area contributed by atoms with Gasteiger partial charge in [0.2, 0.25) is 10.0 Å². The number of carbonyl (C=O) groups is 1. The lowest BCUT2D eigenvalue weighted by atomic mass is 10.2. The molecule has 3 rings (SSSR count). The van der Waals surface area contributed by atoms with Crippen molar-refractivity contribution in [2.75, 3.05) is 13.6 Å². The molecular formula is C21H24BrN3O3S2. The Balaban J connectivity index is 1.92. The van der Waals surface area contributed by atoms with Gasteiger partial charge in [-0.2, -0.15) is 4.99 Å². The number of rotatable bonds is 7. The highest BCUT2D eigenvalue weighted by Gasteiger charge is 2.20. The molecule has 1 amide bonds. The van der Waals surface area contributed by atoms with Gasteiger partial charge in [-0.25, -0.2) is 12.7 Å². The largest absolute Gasteiger partial charge is 0.316 e. The van der Waals surface area contributed by atoms with E-state index in [2.05, 4.69) is 20.9 Å². The number of hydrogen-bond acceptors (Lipinski definition) is 4. The Labute approximate surface area is 189 Å². The van der Waals surface area contributed by atoms with Gasteiger partial charge in [0.05, 0.1) is 15.1 Å². The van der Waals surface area contributed by atoms with E-state index in [0.29, 0.717) is 23.5 Å². The first-order valence-electron chi connectivity index (χ1n) is 9.73. The molecule has 160 valence electrons. The number of thiazole rings is 1. The number of aryl methyl sites for hydroxylation is 1. The van der Waals surface area contributed by atoms with Crippen LogP contribution in [0, 0.1) is 0 Å². The van der Waals surface area contributed by atoms with Crippen molar-refractivity contribution >= 4 is 53.4 Å². The Kier molecular flexibility index (Phi) is 7.28. The third-order valence-electron chi connectivity index (χ3n) is 4.80. The summed E-state index contributed by atoms with van der Waals surface area (Å²) in [4.78, 5) is 17.8. The molecule has 0 saturated heterocycles. The van der Waals surface area contributed by atoms with Crippen molar-refractivity contribution in [3.05, 3.63) is 57.3 Å². The minimum Gasteiger partial charge on any atom is -0.316 e. The van der Waals surface area contributed by atoms with Crippen molar-refractivity contribution in [3.8, 4) is 0 Å². The monoisotopic (exact) mass is 509 g/mol. The van der Waals surface area contributed by atoms with Gasteiger partial charge in [0.25, 0.3) is 5.91 Å². The second-order valence-electron chi connectivity index (χ2n) is 6.84. The highest BCUT2D eigenvalue weighted by atomic mass is 79.9. The SMILES string of the molecule is CCCCN(C)S(=O)(=O)c1ccc(C(=O)N=c2sc3cccc(Br)c3n2CC)cc1. The van der Waals surface area contributed by atoms with E-state index in [0.717, 1.165) is 27.5 Å². The highest BCUT2D eigenvalue weighted by Crippen LogP contribution is 2.25. The zero-order chi connectivity index (χ0) is 21.9. The van der Waals surface area contributed by atoms with Crippen molar-refractivity contribution in [2.45, 2.75) is 38.1 Å². The minimum absolute atomic E-state index is 0.173. The topological polar surface area (TPSA) is 71.7 Å². The molecule has 1 aromatic heterocycles. The van der Waals surface area contributed by atoms with E-state index < -0.39 is 15.9 Å². The summed E-state index contributed by atoms with van der Waals surface area (Å²) >= 11 is 5.01. The molecule has 3 aromatic rings. The van der Waals surface area contributed by atoms with E-state index in [-0.39, 0.29) is 4.90 Å². The van der Waals surface area contributed by atoms with E-state index in [1.807, 2.05) is 36.6 Å². The van der Waals surface area contributed by atoms with Gasteiger partial charge in [-0.3, -0.25) is 4.79 Å². The molecule has 6 nitrogen and oxygen atoms in total. The zero-order valence-corrected chi connectivity index (χ0v) is 20.3. The fraction of sp³-hybridized carbons (Fsp3) is 0.333. The average Bonchev–Trinajstić information content (AvgIpc) is 3.10. The fourth-order valence-electron chi connectivity index (χ4n) is 3.07. The van der Waals surface area contributed by atoms with Crippen LogP contribution in [0.25, 0.3) is 10.2 Å². The molecule has 2 aromatic carbocycles. The molecule has 0 saturated carbocycles. The van der Waals surface area contributed by atoms with Crippen LogP contribution in [0.5, 0.6) is 0 Å². The molecule has 0 bridgehead atoms. The zero-order valence-electron chi connectivity index (χ0n) is 17.1. The summed E-state index contributed by atoms with van der Waals surface area (Å²) in [6.45, 7) is 5.16. The Morgan fingerprint density at radius 2 is 1.87 bits per heavy atom. The number of halogens is 1. The second kappa shape index (κ2) is 9.55. The molecule has 1 heterocycles. The summed E-state index contributed by atoms with van der Waals surface area (Å²) in [5.41, 5.74) is 1.36. The van der Waals surface area contributed by atoms with E-state index in [1.54, 1.807) is 7.05 Å². The molecule has 9 heteroatoms. The Morgan fingerprint density at radius 1 is 1.17 bits per heavy atom. The number of carbonyl (C=O) groups excluding carboxylic acids is 1. The number of aromatic nitrogens is 1. The summed E-state index contributed by atoms with van der Waals surface area (Å²) in [6.07, 6.45) is 1.72. The van der Waals surface area contributed by atoms with Gasteiger partial charge >= 0.3 is 0 Å². The number of fused-ring (bicyclic) bond motifs is 1. The van der Waals surface area contributed by atoms with Crippen LogP contribution in [-0.2, 0) is 16.6 Å². The van der Waals surface area contributed by atoms with Gasteiger partial charge in [0.15, 0.2) is 4.80 Å². The molecule has 0 atom stereocenters. The van der Waals surface area contributed by atoms with Gasteiger partial charge in [-0.15, -0.1) is 0 Å². The van der Waals surface area contributed by atoms with E-state index in [9.17, 15) is 13.2 Å². The lowest BCUT2D eigenvalue weighted by Gasteiger charge is -2.16. The Morgan fingerprint density at radius 3 is 2.50 bits per heavy atom. The van der Waals surface area contributed by atoms with Crippen LogP contribution in [-0.4, -0.2) is 36.8 Å². The number of unbranched alkanes of at least 4 members (excludes halogenated alkanes) is 1. The van der Waals surface area contributed by atoms with E-state index in [1.165, 1.54) is 39.9 Å². The summed E-state index contributed by atoms with van der Waals surface area (Å²) in [5, 5.41) is 0. The van der Waals surface area contributed by atoms with Crippen molar-refractivity contribution in [1.29, 1.82) is 0 Å². The third kappa shape index (κ3) is 4.59. The second-order valence-corrected chi connectivity index (χ2v) is 10.7. The molecule has 0 aliphatic heterocycles. The molecule has 0 spiro atoms. The Hall–Kier alpha value is -1.81. The average molecular weight is 510 g/mol. The molecule has 0 radical (unpaired) electrons. The molecule has 0 unspecified atom stereocenters. The number of amides is 1. The van der Waals surface area contributed by atoms with Gasteiger partial charge in [0.1, 0.15) is 0 Å². The number of hydrogen-bond donors (Lipinski definition) is 0. The standard InChI is InChI=1S/C21H24BrN3O3S2/c1-4-6-14-24(3)30(27,28)16-12-10-15(11-13-16)20(26)23-21-25(5-2)19-17(22)8-7-9-18(19)29-21/h7-13H,4-6,14H2,1-3H3. The lowest BCUT2D eigenvalue weighted by Crippen LogP contribution is -2.27. The quantitative estimate of drug-likeness (QED) is 0.465. The van der Waals surface area contributed by atoms with Crippen LogP contribution in [0.15, 0.2) is 56.8 Å². The van der Waals surface area contributed by atoms with Crippen molar-refractivity contribution in [2.24, 2.45) is 4.99 Å². The molecule has 0 aliphatic carbocycles. The van der Waals surface area contributed by atoms with Crippen molar-refractivity contribution < 1.29 is 13.2 Å². The van der Waals surface area contributed by atoms with Crippen molar-refractivity contribution in [3.63, 3.8) is 0 Å². The summed E-state index contributed by atoms with van der Waals surface area (Å²) in [5.74, 6) is -0.400. The normalized spacial score (nSPS) is 12.8. The van der Waals surface area contributed by atoms with Gasteiger partial charge < -0.3 is 4.57 Å². The first-order valence-corrected chi connectivity index (χ1v) is 12.8.